The molecule has 2 aromatic rings. The summed E-state index contributed by atoms with van der Waals surface area (Å²) in [5.41, 5.74) is 4.80. The number of rotatable bonds is 5. The van der Waals surface area contributed by atoms with Crippen molar-refractivity contribution in [3.05, 3.63) is 48.0 Å². The Balaban J connectivity index is 1.73. The Kier molecular flexibility index (Phi) is 4.00. The molecule has 3 rings (SSSR count). The Hall–Kier alpha value is -2.16. The summed E-state index contributed by atoms with van der Waals surface area (Å²) in [6.45, 7) is 7.24. The fourth-order valence-corrected chi connectivity index (χ4v) is 2.78. The van der Waals surface area contributed by atoms with Crippen molar-refractivity contribution < 1.29 is 4.74 Å². The highest BCUT2D eigenvalue weighted by molar-refractivity contribution is 5.64. The van der Waals surface area contributed by atoms with Crippen LogP contribution in [0, 0.1) is 0 Å². The van der Waals surface area contributed by atoms with Gasteiger partial charge in [-0.05, 0) is 61.9 Å². The maximum absolute atomic E-state index is 5.54. The molecular weight excluding hydrogens is 260 g/mol. The third-order valence-electron chi connectivity index (χ3n) is 3.97. The molecule has 0 atom stereocenters. The highest BCUT2D eigenvalue weighted by atomic mass is 16.5. The second-order valence-corrected chi connectivity index (χ2v) is 5.27. The molecule has 1 heterocycles. The highest BCUT2D eigenvalue weighted by Gasteiger charge is 2.12. The van der Waals surface area contributed by atoms with E-state index in [1.54, 1.807) is 0 Å². The van der Waals surface area contributed by atoms with Crippen LogP contribution in [0.5, 0.6) is 5.75 Å². The van der Waals surface area contributed by atoms with Gasteiger partial charge in [0.15, 0.2) is 0 Å². The van der Waals surface area contributed by atoms with Crippen molar-refractivity contribution >= 4 is 17.1 Å². The number of fused-ring (bicyclic) bond motifs is 1. The monoisotopic (exact) mass is 282 g/mol. The van der Waals surface area contributed by atoms with E-state index in [4.69, 9.17) is 4.74 Å². The van der Waals surface area contributed by atoms with Gasteiger partial charge in [0, 0.05) is 36.6 Å². The first-order valence-corrected chi connectivity index (χ1v) is 7.68. The summed E-state index contributed by atoms with van der Waals surface area (Å²) >= 11 is 0. The number of hydrogen-bond acceptors (Lipinski definition) is 3. The van der Waals surface area contributed by atoms with Crippen LogP contribution >= 0.6 is 0 Å². The van der Waals surface area contributed by atoms with Gasteiger partial charge in [-0.25, -0.2) is 0 Å². The van der Waals surface area contributed by atoms with Gasteiger partial charge in [0.05, 0.1) is 6.61 Å². The molecule has 0 radical (unpaired) electrons. The maximum Gasteiger partial charge on any atom is 0.122 e. The van der Waals surface area contributed by atoms with E-state index in [0.717, 1.165) is 43.2 Å². The molecule has 0 saturated heterocycles. The quantitative estimate of drug-likeness (QED) is 0.889. The fourth-order valence-electron chi connectivity index (χ4n) is 2.78. The fraction of sp³-hybridized carbons (Fsp3) is 0.333. The number of nitrogens with one attached hydrogen (secondary N) is 1. The normalized spacial score (nSPS) is 12.7. The van der Waals surface area contributed by atoms with Crippen LogP contribution in [-0.2, 0) is 6.42 Å². The number of hydrogen-bond donors (Lipinski definition) is 1. The number of nitrogens with zero attached hydrogens (tertiary/aromatic N) is 1. The van der Waals surface area contributed by atoms with Crippen LogP contribution in [0.25, 0.3) is 0 Å². The lowest BCUT2D eigenvalue weighted by atomic mass is 10.1. The zero-order valence-electron chi connectivity index (χ0n) is 12.7. The summed E-state index contributed by atoms with van der Waals surface area (Å²) in [5, 5.41) is 3.46. The van der Waals surface area contributed by atoms with Crippen LogP contribution < -0.4 is 15.0 Å². The molecule has 21 heavy (non-hydrogen) atoms. The van der Waals surface area contributed by atoms with E-state index < -0.39 is 0 Å². The van der Waals surface area contributed by atoms with Crippen molar-refractivity contribution in [2.75, 3.05) is 29.9 Å². The van der Waals surface area contributed by atoms with E-state index in [1.807, 2.05) is 0 Å². The van der Waals surface area contributed by atoms with Crippen LogP contribution in [0.1, 0.15) is 19.4 Å². The summed E-state index contributed by atoms with van der Waals surface area (Å²) in [6.07, 6.45) is 1.01. The Bertz CT molecular complexity index is 603. The standard InChI is InChI=1S/C18H22N2O/c1-3-20(4-2)17-8-5-15(6-9-17)19-16-7-10-18-14(13-16)11-12-21-18/h5-10,13,19H,3-4,11-12H2,1-2H3. The minimum atomic E-state index is 0.803. The molecule has 0 amide bonds. The largest absolute Gasteiger partial charge is 0.493 e. The minimum absolute atomic E-state index is 0.803. The smallest absolute Gasteiger partial charge is 0.122 e. The summed E-state index contributed by atoms with van der Waals surface area (Å²) in [7, 11) is 0. The van der Waals surface area contributed by atoms with Crippen LogP contribution in [0.2, 0.25) is 0 Å². The lowest BCUT2D eigenvalue weighted by Gasteiger charge is -2.21. The van der Waals surface area contributed by atoms with Crippen molar-refractivity contribution in [1.29, 1.82) is 0 Å². The minimum Gasteiger partial charge on any atom is -0.493 e. The van der Waals surface area contributed by atoms with E-state index in [9.17, 15) is 0 Å². The SMILES string of the molecule is CCN(CC)c1ccc(Nc2ccc3c(c2)CCO3)cc1. The van der Waals surface area contributed by atoms with Gasteiger partial charge in [0.2, 0.25) is 0 Å². The van der Waals surface area contributed by atoms with Gasteiger partial charge >= 0.3 is 0 Å². The van der Waals surface area contributed by atoms with Crippen LogP contribution in [-0.4, -0.2) is 19.7 Å². The molecule has 3 nitrogen and oxygen atoms in total. The van der Waals surface area contributed by atoms with Crippen LogP contribution in [0.15, 0.2) is 42.5 Å². The molecule has 2 aromatic carbocycles. The molecule has 0 unspecified atom stereocenters. The summed E-state index contributed by atoms with van der Waals surface area (Å²) in [4.78, 5) is 2.34. The van der Waals surface area contributed by atoms with Crippen molar-refractivity contribution in [1.82, 2.24) is 0 Å². The predicted octanol–water partition coefficient (Wildman–Crippen LogP) is 4.21. The molecule has 1 aliphatic heterocycles. The Morgan fingerprint density at radius 1 is 1.00 bits per heavy atom. The lowest BCUT2D eigenvalue weighted by molar-refractivity contribution is 0.357. The highest BCUT2D eigenvalue weighted by Crippen LogP contribution is 2.29. The number of anilines is 3. The van der Waals surface area contributed by atoms with Gasteiger partial charge in [-0.2, -0.15) is 0 Å². The summed E-state index contributed by atoms with van der Waals surface area (Å²) in [5.74, 6) is 1.03. The molecule has 0 saturated carbocycles. The molecule has 0 spiro atoms. The first-order chi connectivity index (χ1) is 10.3. The molecule has 0 bridgehead atoms. The van der Waals surface area contributed by atoms with Gasteiger partial charge in [-0.15, -0.1) is 0 Å². The van der Waals surface area contributed by atoms with E-state index in [-0.39, 0.29) is 0 Å². The van der Waals surface area contributed by atoms with Gasteiger partial charge in [0.1, 0.15) is 5.75 Å². The molecule has 110 valence electrons. The molecule has 1 aliphatic rings. The maximum atomic E-state index is 5.54. The summed E-state index contributed by atoms with van der Waals surface area (Å²) in [6, 6.07) is 14.9. The molecule has 1 N–H and O–H groups in total. The van der Waals surface area contributed by atoms with E-state index in [0.29, 0.717) is 0 Å². The second kappa shape index (κ2) is 6.08. The van der Waals surface area contributed by atoms with E-state index in [2.05, 4.69) is 66.5 Å². The second-order valence-electron chi connectivity index (χ2n) is 5.27. The molecule has 0 aliphatic carbocycles. The van der Waals surface area contributed by atoms with E-state index >= 15 is 0 Å². The zero-order valence-corrected chi connectivity index (χ0v) is 12.7. The third-order valence-corrected chi connectivity index (χ3v) is 3.97. The first kappa shape index (κ1) is 13.8. The van der Waals surface area contributed by atoms with Crippen molar-refractivity contribution in [3.8, 4) is 5.75 Å². The molecule has 0 aromatic heterocycles. The van der Waals surface area contributed by atoms with Crippen molar-refractivity contribution in [2.24, 2.45) is 0 Å². The molecular formula is C18H22N2O. The van der Waals surface area contributed by atoms with Crippen molar-refractivity contribution in [3.63, 3.8) is 0 Å². The van der Waals surface area contributed by atoms with Gasteiger partial charge < -0.3 is 15.0 Å². The zero-order chi connectivity index (χ0) is 14.7. The Morgan fingerprint density at radius 2 is 1.71 bits per heavy atom. The van der Waals surface area contributed by atoms with Crippen LogP contribution in [0.3, 0.4) is 0 Å². The Labute approximate surface area is 126 Å². The summed E-state index contributed by atoms with van der Waals surface area (Å²) < 4.78 is 5.54. The number of ether oxygens (including phenoxy) is 1. The van der Waals surface area contributed by atoms with E-state index in [1.165, 1.54) is 11.3 Å². The van der Waals surface area contributed by atoms with Crippen molar-refractivity contribution in [2.45, 2.75) is 20.3 Å². The van der Waals surface area contributed by atoms with Gasteiger partial charge in [-0.3, -0.25) is 0 Å². The molecule has 0 fully saturated rings. The van der Waals surface area contributed by atoms with Crippen LogP contribution in [0.4, 0.5) is 17.1 Å². The predicted molar refractivity (Wildman–Crippen MR) is 88.9 cm³/mol. The average Bonchev–Trinajstić information content (AvgIpc) is 2.98. The third kappa shape index (κ3) is 2.97. The lowest BCUT2D eigenvalue weighted by Crippen LogP contribution is -2.21. The average molecular weight is 282 g/mol. The molecule has 3 heteroatoms. The first-order valence-electron chi connectivity index (χ1n) is 7.68. The Morgan fingerprint density at radius 3 is 2.43 bits per heavy atom. The van der Waals surface area contributed by atoms with Gasteiger partial charge in [-0.1, -0.05) is 0 Å². The topological polar surface area (TPSA) is 24.5 Å². The number of benzene rings is 2. The van der Waals surface area contributed by atoms with Gasteiger partial charge in [0.25, 0.3) is 0 Å².